The monoisotopic (exact) mass is 345 g/mol. The molecule has 136 valence electrons. The minimum absolute atomic E-state index is 0.110. The van der Waals surface area contributed by atoms with Gasteiger partial charge in [0.05, 0.1) is 12.1 Å². The normalized spacial score (nSPS) is 20.8. The highest BCUT2D eigenvalue weighted by Crippen LogP contribution is 2.25. The molecule has 1 atom stereocenters. The minimum atomic E-state index is -0.283. The van der Waals surface area contributed by atoms with Gasteiger partial charge >= 0.3 is 6.03 Å². The van der Waals surface area contributed by atoms with Crippen molar-refractivity contribution in [3.63, 3.8) is 0 Å². The molecular formula is C19H27N3O3. The lowest BCUT2D eigenvalue weighted by atomic mass is 10.2. The molecule has 1 aromatic rings. The van der Waals surface area contributed by atoms with Gasteiger partial charge in [-0.15, -0.1) is 0 Å². The maximum Gasteiger partial charge on any atom is 0.319 e. The number of carbonyl (C=O) groups is 2. The Kier molecular flexibility index (Phi) is 5.79. The van der Waals surface area contributed by atoms with Crippen LogP contribution in [-0.4, -0.2) is 42.1 Å². The van der Waals surface area contributed by atoms with Crippen molar-refractivity contribution in [1.82, 2.24) is 10.2 Å². The molecule has 6 nitrogen and oxygen atoms in total. The van der Waals surface area contributed by atoms with E-state index in [0.29, 0.717) is 18.7 Å². The van der Waals surface area contributed by atoms with Gasteiger partial charge in [0.1, 0.15) is 5.75 Å². The maximum atomic E-state index is 12.2. The topological polar surface area (TPSA) is 70.7 Å². The lowest BCUT2D eigenvalue weighted by Gasteiger charge is -2.17. The summed E-state index contributed by atoms with van der Waals surface area (Å²) < 4.78 is 5.96. The number of rotatable bonds is 6. The second-order valence-corrected chi connectivity index (χ2v) is 6.89. The van der Waals surface area contributed by atoms with E-state index in [2.05, 4.69) is 10.6 Å². The van der Waals surface area contributed by atoms with Crippen LogP contribution in [0.4, 0.5) is 10.5 Å². The van der Waals surface area contributed by atoms with Crippen molar-refractivity contribution in [2.45, 2.75) is 57.6 Å². The van der Waals surface area contributed by atoms with Gasteiger partial charge in [-0.2, -0.15) is 0 Å². The summed E-state index contributed by atoms with van der Waals surface area (Å²) in [5.41, 5.74) is 0.697. The number of nitrogens with one attached hydrogen (secondary N) is 2. The summed E-state index contributed by atoms with van der Waals surface area (Å²) in [5.74, 6) is 0.897. The molecule has 0 bridgehead atoms. The second kappa shape index (κ2) is 8.23. The van der Waals surface area contributed by atoms with Crippen molar-refractivity contribution in [1.29, 1.82) is 0 Å². The van der Waals surface area contributed by atoms with E-state index in [1.165, 1.54) is 12.8 Å². The molecule has 0 radical (unpaired) electrons. The summed E-state index contributed by atoms with van der Waals surface area (Å²) in [6.45, 7) is 3.38. The molecule has 1 aliphatic heterocycles. The summed E-state index contributed by atoms with van der Waals surface area (Å²) in [6.07, 6.45) is 6.24. The average Bonchev–Trinajstić information content (AvgIpc) is 3.18. The third-order valence-corrected chi connectivity index (χ3v) is 4.74. The Hall–Kier alpha value is -2.24. The lowest BCUT2D eigenvalue weighted by Crippen LogP contribution is -2.39. The summed E-state index contributed by atoms with van der Waals surface area (Å²) >= 11 is 0. The number of benzene rings is 1. The van der Waals surface area contributed by atoms with Crippen LogP contribution in [0.1, 0.15) is 45.4 Å². The molecule has 1 heterocycles. The van der Waals surface area contributed by atoms with Gasteiger partial charge in [0.15, 0.2) is 0 Å². The number of amides is 3. The highest BCUT2D eigenvalue weighted by atomic mass is 16.5. The first-order valence-electron chi connectivity index (χ1n) is 9.26. The van der Waals surface area contributed by atoms with Gasteiger partial charge in [-0.1, -0.05) is 13.0 Å². The van der Waals surface area contributed by atoms with E-state index < -0.39 is 0 Å². The Morgan fingerprint density at radius 3 is 2.88 bits per heavy atom. The number of carbonyl (C=O) groups excluding carboxylic acids is 2. The number of hydrogen-bond donors (Lipinski definition) is 2. The fourth-order valence-corrected chi connectivity index (χ4v) is 3.55. The van der Waals surface area contributed by atoms with Crippen molar-refractivity contribution in [3.8, 4) is 5.75 Å². The van der Waals surface area contributed by atoms with Gasteiger partial charge in [-0.25, -0.2) is 4.79 Å². The molecule has 1 aliphatic carbocycles. The third kappa shape index (κ3) is 4.87. The molecule has 1 saturated heterocycles. The zero-order valence-electron chi connectivity index (χ0n) is 14.8. The molecule has 1 aromatic carbocycles. The van der Waals surface area contributed by atoms with Gasteiger partial charge in [0.2, 0.25) is 5.91 Å². The summed E-state index contributed by atoms with van der Waals surface area (Å²) in [4.78, 5) is 25.9. The molecule has 2 aliphatic rings. The highest BCUT2D eigenvalue weighted by molar-refractivity contribution is 5.90. The third-order valence-electron chi connectivity index (χ3n) is 4.74. The number of nitrogens with zero attached hydrogens (tertiary/aromatic N) is 1. The van der Waals surface area contributed by atoms with Crippen LogP contribution in [-0.2, 0) is 4.79 Å². The van der Waals surface area contributed by atoms with Gasteiger partial charge in [0.25, 0.3) is 0 Å². The number of ether oxygens (including phenoxy) is 1. The molecule has 0 spiro atoms. The van der Waals surface area contributed by atoms with Crippen LogP contribution in [0.25, 0.3) is 0 Å². The Bertz CT molecular complexity index is 614. The highest BCUT2D eigenvalue weighted by Gasteiger charge is 2.29. The van der Waals surface area contributed by atoms with Crippen LogP contribution in [0, 0.1) is 0 Å². The predicted molar refractivity (Wildman–Crippen MR) is 96.8 cm³/mol. The summed E-state index contributed by atoms with van der Waals surface area (Å²) in [6, 6.07) is 7.07. The largest absolute Gasteiger partial charge is 0.490 e. The molecular weight excluding hydrogens is 318 g/mol. The van der Waals surface area contributed by atoms with Crippen LogP contribution in [0.5, 0.6) is 5.75 Å². The number of urea groups is 1. The van der Waals surface area contributed by atoms with Crippen LogP contribution >= 0.6 is 0 Å². The van der Waals surface area contributed by atoms with Crippen LogP contribution < -0.4 is 15.4 Å². The minimum Gasteiger partial charge on any atom is -0.490 e. The maximum absolute atomic E-state index is 12.2. The number of hydrogen-bond acceptors (Lipinski definition) is 3. The van der Waals surface area contributed by atoms with Gasteiger partial charge in [-0.3, -0.25) is 4.79 Å². The van der Waals surface area contributed by atoms with Crippen molar-refractivity contribution in [2.24, 2.45) is 0 Å². The van der Waals surface area contributed by atoms with Crippen LogP contribution in [0.2, 0.25) is 0 Å². The molecule has 1 saturated carbocycles. The number of likely N-dealkylation sites (tertiary alicyclic amines) is 1. The standard InChI is InChI=1S/C19H27N3O3/c1-2-10-22-13-15(12-18(22)23)21-19(24)20-14-6-5-9-17(11-14)25-16-7-3-4-8-16/h5-6,9,11,15-16H,2-4,7-8,10,12-13H2,1H3,(H2,20,21,24). The fraction of sp³-hybridized carbons (Fsp3) is 0.579. The lowest BCUT2D eigenvalue weighted by molar-refractivity contribution is -0.127. The van der Waals surface area contributed by atoms with E-state index >= 15 is 0 Å². The van der Waals surface area contributed by atoms with Gasteiger partial charge in [0, 0.05) is 31.3 Å². The molecule has 0 aromatic heterocycles. The number of anilines is 1. The van der Waals surface area contributed by atoms with E-state index in [1.54, 1.807) is 4.90 Å². The molecule has 3 rings (SSSR count). The van der Waals surface area contributed by atoms with E-state index in [4.69, 9.17) is 4.74 Å². The summed E-state index contributed by atoms with van der Waals surface area (Å²) in [5, 5.41) is 5.72. The Balaban J connectivity index is 1.50. The first-order valence-corrected chi connectivity index (χ1v) is 9.26. The predicted octanol–water partition coefficient (Wildman–Crippen LogP) is 3.14. The smallest absolute Gasteiger partial charge is 0.319 e. The molecule has 2 fully saturated rings. The molecule has 3 amide bonds. The molecule has 25 heavy (non-hydrogen) atoms. The molecule has 2 N–H and O–H groups in total. The average molecular weight is 345 g/mol. The SMILES string of the molecule is CCCN1CC(NC(=O)Nc2cccc(OC3CCCC3)c2)CC1=O. The molecule has 6 heteroatoms. The van der Waals surface area contributed by atoms with E-state index in [1.807, 2.05) is 31.2 Å². The zero-order valence-corrected chi connectivity index (χ0v) is 14.8. The van der Waals surface area contributed by atoms with E-state index in [0.717, 1.165) is 31.6 Å². The fourth-order valence-electron chi connectivity index (χ4n) is 3.55. The van der Waals surface area contributed by atoms with Crippen molar-refractivity contribution >= 4 is 17.6 Å². The Morgan fingerprint density at radius 2 is 2.12 bits per heavy atom. The second-order valence-electron chi connectivity index (χ2n) is 6.89. The van der Waals surface area contributed by atoms with Crippen molar-refractivity contribution in [3.05, 3.63) is 24.3 Å². The first-order chi connectivity index (χ1) is 12.1. The quantitative estimate of drug-likeness (QED) is 0.832. The van der Waals surface area contributed by atoms with Crippen molar-refractivity contribution < 1.29 is 14.3 Å². The van der Waals surface area contributed by atoms with E-state index in [-0.39, 0.29) is 24.1 Å². The zero-order chi connectivity index (χ0) is 17.6. The Morgan fingerprint density at radius 1 is 1.32 bits per heavy atom. The summed E-state index contributed by atoms with van der Waals surface area (Å²) in [7, 11) is 0. The Labute approximate surface area is 148 Å². The van der Waals surface area contributed by atoms with Gasteiger partial charge < -0.3 is 20.3 Å². The first kappa shape index (κ1) is 17.6. The van der Waals surface area contributed by atoms with Crippen LogP contribution in [0.3, 0.4) is 0 Å². The van der Waals surface area contributed by atoms with Crippen LogP contribution in [0.15, 0.2) is 24.3 Å². The van der Waals surface area contributed by atoms with Gasteiger partial charge in [-0.05, 0) is 44.2 Å². The molecule has 1 unspecified atom stereocenters. The van der Waals surface area contributed by atoms with E-state index in [9.17, 15) is 9.59 Å². The van der Waals surface area contributed by atoms with Crippen molar-refractivity contribution in [2.75, 3.05) is 18.4 Å².